The minimum absolute atomic E-state index is 0.251. The number of hydrogen-bond donors (Lipinski definition) is 1. The minimum atomic E-state index is 0.251. The average molecular weight is 191 g/mol. The van der Waals surface area contributed by atoms with Crippen LogP contribution in [-0.4, -0.2) is 9.97 Å². The van der Waals surface area contributed by atoms with Gasteiger partial charge in [0.1, 0.15) is 18.2 Å². The van der Waals surface area contributed by atoms with Crippen LogP contribution in [0.3, 0.4) is 0 Å². The number of nitrogens with two attached hydrogens (primary N) is 1. The molecular formula is C9H9N3O2. The molecule has 0 fully saturated rings. The van der Waals surface area contributed by atoms with E-state index >= 15 is 0 Å². The molecule has 0 aliphatic carbocycles. The van der Waals surface area contributed by atoms with Crippen LogP contribution in [-0.2, 0) is 6.61 Å². The SMILES string of the molecule is Nc1ccnc(OCc2ccco2)n1. The van der Waals surface area contributed by atoms with Crippen molar-refractivity contribution in [1.29, 1.82) is 0 Å². The van der Waals surface area contributed by atoms with E-state index in [0.717, 1.165) is 5.76 Å². The molecule has 2 heterocycles. The second-order valence-electron chi connectivity index (χ2n) is 2.63. The van der Waals surface area contributed by atoms with Crippen molar-refractivity contribution in [2.24, 2.45) is 0 Å². The molecule has 0 aromatic carbocycles. The topological polar surface area (TPSA) is 74.2 Å². The third-order valence-electron chi connectivity index (χ3n) is 1.58. The van der Waals surface area contributed by atoms with E-state index in [0.29, 0.717) is 12.4 Å². The molecule has 2 aromatic rings. The van der Waals surface area contributed by atoms with Crippen LogP contribution in [0.15, 0.2) is 35.1 Å². The largest absolute Gasteiger partial charge is 0.466 e. The molecule has 0 amide bonds. The second-order valence-corrected chi connectivity index (χ2v) is 2.63. The van der Waals surface area contributed by atoms with Crippen LogP contribution in [0.1, 0.15) is 5.76 Å². The van der Waals surface area contributed by atoms with Gasteiger partial charge in [-0.3, -0.25) is 0 Å². The molecular weight excluding hydrogens is 182 g/mol. The van der Waals surface area contributed by atoms with Crippen molar-refractivity contribution >= 4 is 5.82 Å². The third-order valence-corrected chi connectivity index (χ3v) is 1.58. The summed E-state index contributed by atoms with van der Waals surface area (Å²) in [7, 11) is 0. The van der Waals surface area contributed by atoms with Gasteiger partial charge in [-0.05, 0) is 18.2 Å². The number of anilines is 1. The number of hydrogen-bond acceptors (Lipinski definition) is 5. The molecule has 0 atom stereocenters. The summed E-state index contributed by atoms with van der Waals surface area (Å²) in [6, 6.07) is 5.45. The molecule has 5 heteroatoms. The highest BCUT2D eigenvalue weighted by atomic mass is 16.5. The maximum atomic E-state index is 5.45. The highest BCUT2D eigenvalue weighted by Gasteiger charge is 2.00. The first-order chi connectivity index (χ1) is 6.84. The molecule has 0 spiro atoms. The summed E-state index contributed by atoms with van der Waals surface area (Å²) in [6.45, 7) is 0.302. The van der Waals surface area contributed by atoms with Gasteiger partial charge in [0.05, 0.1) is 6.26 Å². The maximum absolute atomic E-state index is 5.45. The normalized spacial score (nSPS) is 10.0. The predicted octanol–water partition coefficient (Wildman–Crippen LogP) is 1.23. The van der Waals surface area contributed by atoms with E-state index in [9.17, 15) is 0 Å². The van der Waals surface area contributed by atoms with Crippen LogP contribution in [0, 0.1) is 0 Å². The van der Waals surface area contributed by atoms with E-state index in [1.807, 2.05) is 6.07 Å². The number of rotatable bonds is 3. The molecule has 2 N–H and O–H groups in total. The molecule has 72 valence electrons. The van der Waals surface area contributed by atoms with Gasteiger partial charge in [0.2, 0.25) is 0 Å². The lowest BCUT2D eigenvalue weighted by Crippen LogP contribution is -2.00. The van der Waals surface area contributed by atoms with E-state index < -0.39 is 0 Å². The Morgan fingerprint density at radius 3 is 3.07 bits per heavy atom. The van der Waals surface area contributed by atoms with Crippen molar-refractivity contribution < 1.29 is 9.15 Å². The Morgan fingerprint density at radius 1 is 1.43 bits per heavy atom. The van der Waals surface area contributed by atoms with Crippen molar-refractivity contribution in [2.75, 3.05) is 5.73 Å². The third kappa shape index (κ3) is 2.01. The molecule has 0 bridgehead atoms. The molecule has 2 aromatic heterocycles. The standard InChI is InChI=1S/C9H9N3O2/c10-8-3-4-11-9(12-8)14-6-7-2-1-5-13-7/h1-5H,6H2,(H2,10,11,12). The zero-order chi connectivity index (χ0) is 9.80. The van der Waals surface area contributed by atoms with Gasteiger partial charge < -0.3 is 14.9 Å². The Bertz CT molecular complexity index is 400. The predicted molar refractivity (Wildman–Crippen MR) is 49.5 cm³/mol. The van der Waals surface area contributed by atoms with Gasteiger partial charge in [-0.1, -0.05) is 0 Å². The molecule has 0 aliphatic heterocycles. The van der Waals surface area contributed by atoms with Gasteiger partial charge >= 0.3 is 6.01 Å². The lowest BCUT2D eigenvalue weighted by Gasteiger charge is -2.01. The van der Waals surface area contributed by atoms with Crippen LogP contribution >= 0.6 is 0 Å². The first kappa shape index (κ1) is 8.55. The first-order valence-electron chi connectivity index (χ1n) is 4.08. The van der Waals surface area contributed by atoms with Crippen molar-refractivity contribution in [3.05, 3.63) is 36.4 Å². The van der Waals surface area contributed by atoms with E-state index in [1.165, 1.54) is 0 Å². The fraction of sp³-hybridized carbons (Fsp3) is 0.111. The van der Waals surface area contributed by atoms with Gasteiger partial charge in [-0.2, -0.15) is 4.98 Å². The van der Waals surface area contributed by atoms with Crippen molar-refractivity contribution in [3.8, 4) is 6.01 Å². The quantitative estimate of drug-likeness (QED) is 0.789. The monoisotopic (exact) mass is 191 g/mol. The zero-order valence-corrected chi connectivity index (χ0v) is 7.38. The van der Waals surface area contributed by atoms with Gasteiger partial charge in [-0.15, -0.1) is 0 Å². The Labute approximate surface area is 80.5 Å². The molecule has 0 unspecified atom stereocenters. The second kappa shape index (κ2) is 3.78. The molecule has 5 nitrogen and oxygen atoms in total. The van der Waals surface area contributed by atoms with Crippen molar-refractivity contribution in [1.82, 2.24) is 9.97 Å². The summed E-state index contributed by atoms with van der Waals surface area (Å²) in [5.74, 6) is 1.10. The van der Waals surface area contributed by atoms with E-state index in [2.05, 4.69) is 9.97 Å². The fourth-order valence-electron chi connectivity index (χ4n) is 0.954. The smallest absolute Gasteiger partial charge is 0.318 e. The molecule has 0 saturated heterocycles. The lowest BCUT2D eigenvalue weighted by atomic mass is 10.5. The van der Waals surface area contributed by atoms with Crippen LogP contribution in [0.2, 0.25) is 0 Å². The Hall–Kier alpha value is -2.04. The van der Waals surface area contributed by atoms with Crippen molar-refractivity contribution in [2.45, 2.75) is 6.61 Å². The van der Waals surface area contributed by atoms with Gasteiger partial charge in [0, 0.05) is 6.20 Å². The molecule has 0 radical (unpaired) electrons. The van der Waals surface area contributed by atoms with Crippen molar-refractivity contribution in [3.63, 3.8) is 0 Å². The van der Waals surface area contributed by atoms with Gasteiger partial charge in [0.25, 0.3) is 0 Å². The number of aromatic nitrogens is 2. The first-order valence-corrected chi connectivity index (χ1v) is 4.08. The summed E-state index contributed by atoms with van der Waals surface area (Å²) in [6.07, 6.45) is 3.12. The number of nitrogens with zero attached hydrogens (tertiary/aromatic N) is 2. The Kier molecular flexibility index (Phi) is 2.31. The zero-order valence-electron chi connectivity index (χ0n) is 7.38. The fourth-order valence-corrected chi connectivity index (χ4v) is 0.954. The minimum Gasteiger partial charge on any atom is -0.466 e. The average Bonchev–Trinajstić information content (AvgIpc) is 2.67. The highest BCUT2D eigenvalue weighted by Crippen LogP contribution is 2.07. The van der Waals surface area contributed by atoms with E-state index in [1.54, 1.807) is 24.6 Å². The van der Waals surface area contributed by atoms with E-state index in [-0.39, 0.29) is 6.01 Å². The van der Waals surface area contributed by atoms with Crippen LogP contribution in [0.4, 0.5) is 5.82 Å². The Morgan fingerprint density at radius 2 is 2.36 bits per heavy atom. The van der Waals surface area contributed by atoms with E-state index in [4.69, 9.17) is 14.9 Å². The summed E-state index contributed by atoms with van der Waals surface area (Å²) in [5, 5.41) is 0. The van der Waals surface area contributed by atoms with Crippen LogP contribution in [0.5, 0.6) is 6.01 Å². The summed E-state index contributed by atoms with van der Waals surface area (Å²) >= 11 is 0. The number of nitrogen functional groups attached to an aromatic ring is 1. The molecule has 2 rings (SSSR count). The summed E-state index contributed by atoms with van der Waals surface area (Å²) in [4.78, 5) is 7.76. The molecule has 14 heavy (non-hydrogen) atoms. The molecule has 0 saturated carbocycles. The van der Waals surface area contributed by atoms with Crippen LogP contribution in [0.25, 0.3) is 0 Å². The van der Waals surface area contributed by atoms with Gasteiger partial charge in [0.15, 0.2) is 0 Å². The number of ether oxygens (including phenoxy) is 1. The van der Waals surface area contributed by atoms with Crippen LogP contribution < -0.4 is 10.5 Å². The summed E-state index contributed by atoms with van der Waals surface area (Å²) in [5.41, 5.74) is 5.45. The Balaban J connectivity index is 1.98. The number of furan rings is 1. The lowest BCUT2D eigenvalue weighted by molar-refractivity contribution is 0.250. The van der Waals surface area contributed by atoms with Gasteiger partial charge in [-0.25, -0.2) is 4.98 Å². The highest BCUT2D eigenvalue weighted by molar-refractivity contribution is 5.26. The summed E-state index contributed by atoms with van der Waals surface area (Å²) < 4.78 is 10.3. The maximum Gasteiger partial charge on any atom is 0.318 e. The molecule has 0 aliphatic rings.